The van der Waals surface area contributed by atoms with Crippen LogP contribution in [0.25, 0.3) is 11.5 Å². The first-order valence-corrected chi connectivity index (χ1v) is 9.72. The molecule has 2 amide bonds. The van der Waals surface area contributed by atoms with Crippen molar-refractivity contribution in [2.45, 2.75) is 31.7 Å². The highest BCUT2D eigenvalue weighted by Gasteiger charge is 2.31. The minimum absolute atomic E-state index is 0.0601. The van der Waals surface area contributed by atoms with Gasteiger partial charge in [-0.25, -0.2) is 0 Å². The SMILES string of the molecule is O=C(CCc1nc(-c2ccccn2)no1)N1CCCC(N2CCNCC2=O)C1. The summed E-state index contributed by atoms with van der Waals surface area (Å²) in [6.07, 6.45) is 4.24. The van der Waals surface area contributed by atoms with Gasteiger partial charge in [-0.05, 0) is 25.0 Å². The number of piperazine rings is 1. The van der Waals surface area contributed by atoms with E-state index in [1.54, 1.807) is 6.20 Å². The first-order chi connectivity index (χ1) is 13.7. The Kier molecular flexibility index (Phi) is 5.61. The van der Waals surface area contributed by atoms with E-state index in [0.29, 0.717) is 49.9 Å². The number of carbonyl (C=O) groups excluding carboxylic acids is 2. The second-order valence-corrected chi connectivity index (χ2v) is 7.13. The molecule has 2 aromatic heterocycles. The molecule has 1 atom stereocenters. The van der Waals surface area contributed by atoms with Crippen LogP contribution < -0.4 is 5.32 Å². The van der Waals surface area contributed by atoms with Crippen LogP contribution in [0.3, 0.4) is 0 Å². The molecule has 2 aromatic rings. The van der Waals surface area contributed by atoms with Gasteiger partial charge in [-0.2, -0.15) is 4.98 Å². The number of carbonyl (C=O) groups is 2. The molecule has 0 aliphatic carbocycles. The monoisotopic (exact) mass is 384 g/mol. The predicted octanol–water partition coefficient (Wildman–Crippen LogP) is 0.487. The van der Waals surface area contributed by atoms with Crippen molar-refractivity contribution in [3.63, 3.8) is 0 Å². The molecule has 28 heavy (non-hydrogen) atoms. The van der Waals surface area contributed by atoms with E-state index in [-0.39, 0.29) is 17.9 Å². The van der Waals surface area contributed by atoms with Crippen LogP contribution in [0.1, 0.15) is 25.2 Å². The molecule has 4 rings (SSSR count). The summed E-state index contributed by atoms with van der Waals surface area (Å²) < 4.78 is 5.26. The normalized spacial score (nSPS) is 20.4. The summed E-state index contributed by atoms with van der Waals surface area (Å²) in [6, 6.07) is 5.61. The molecule has 0 aromatic carbocycles. The largest absolute Gasteiger partial charge is 0.341 e. The highest BCUT2D eigenvalue weighted by Crippen LogP contribution is 2.19. The molecule has 0 radical (unpaired) electrons. The Hall–Kier alpha value is -2.81. The van der Waals surface area contributed by atoms with Gasteiger partial charge in [0, 0.05) is 51.3 Å². The van der Waals surface area contributed by atoms with Gasteiger partial charge in [0.05, 0.1) is 6.54 Å². The van der Waals surface area contributed by atoms with Gasteiger partial charge in [0.1, 0.15) is 5.69 Å². The van der Waals surface area contributed by atoms with Crippen LogP contribution >= 0.6 is 0 Å². The molecular weight excluding hydrogens is 360 g/mol. The number of amides is 2. The lowest BCUT2D eigenvalue weighted by atomic mass is 10.0. The minimum Gasteiger partial charge on any atom is -0.341 e. The van der Waals surface area contributed by atoms with Crippen molar-refractivity contribution < 1.29 is 14.1 Å². The van der Waals surface area contributed by atoms with Gasteiger partial charge in [0.2, 0.25) is 23.5 Å². The van der Waals surface area contributed by atoms with Crippen LogP contribution in [-0.2, 0) is 16.0 Å². The lowest BCUT2D eigenvalue weighted by molar-refractivity contribution is -0.140. The number of nitrogens with zero attached hydrogens (tertiary/aromatic N) is 5. The zero-order chi connectivity index (χ0) is 19.3. The second-order valence-electron chi connectivity index (χ2n) is 7.13. The molecule has 9 nitrogen and oxygen atoms in total. The standard InChI is InChI=1S/C19H24N6O3/c26-17(7-6-16-22-19(23-28-16)15-5-1-2-8-21-15)24-10-3-4-14(13-24)25-11-9-20-12-18(25)27/h1-2,5,8,14,20H,3-4,6-7,9-13H2. The Morgan fingerprint density at radius 3 is 3.07 bits per heavy atom. The lowest BCUT2D eigenvalue weighted by Gasteiger charge is -2.41. The van der Waals surface area contributed by atoms with Crippen LogP contribution in [-0.4, -0.2) is 75.5 Å². The first kappa shape index (κ1) is 18.5. The number of hydrogen-bond donors (Lipinski definition) is 1. The van der Waals surface area contributed by atoms with Crippen LogP contribution in [0.2, 0.25) is 0 Å². The van der Waals surface area contributed by atoms with Crippen molar-refractivity contribution >= 4 is 11.8 Å². The predicted molar refractivity (Wildman–Crippen MR) is 100 cm³/mol. The molecule has 2 saturated heterocycles. The summed E-state index contributed by atoms with van der Waals surface area (Å²) >= 11 is 0. The van der Waals surface area contributed by atoms with E-state index < -0.39 is 0 Å². The summed E-state index contributed by atoms with van der Waals surface area (Å²) in [4.78, 5) is 37.1. The Labute approximate surface area is 163 Å². The van der Waals surface area contributed by atoms with Crippen LogP contribution in [0.4, 0.5) is 0 Å². The molecule has 148 valence electrons. The van der Waals surface area contributed by atoms with Crippen molar-refractivity contribution in [2.24, 2.45) is 0 Å². The average Bonchev–Trinajstić information content (AvgIpc) is 3.22. The van der Waals surface area contributed by atoms with E-state index in [1.807, 2.05) is 28.0 Å². The number of nitrogens with one attached hydrogen (secondary N) is 1. The molecular formula is C19H24N6O3. The minimum atomic E-state index is 0.0601. The average molecular weight is 384 g/mol. The highest BCUT2D eigenvalue weighted by atomic mass is 16.5. The number of likely N-dealkylation sites (tertiary alicyclic amines) is 1. The van der Waals surface area contributed by atoms with Crippen molar-refractivity contribution in [2.75, 3.05) is 32.7 Å². The van der Waals surface area contributed by atoms with Crippen molar-refractivity contribution in [3.05, 3.63) is 30.3 Å². The van der Waals surface area contributed by atoms with Gasteiger partial charge in [0.25, 0.3) is 0 Å². The zero-order valence-electron chi connectivity index (χ0n) is 15.7. The lowest BCUT2D eigenvalue weighted by Crippen LogP contribution is -2.57. The third-order valence-electron chi connectivity index (χ3n) is 5.23. The molecule has 1 unspecified atom stereocenters. The van der Waals surface area contributed by atoms with Crippen molar-refractivity contribution in [3.8, 4) is 11.5 Å². The maximum absolute atomic E-state index is 12.7. The third-order valence-corrected chi connectivity index (χ3v) is 5.23. The maximum Gasteiger partial charge on any atom is 0.236 e. The van der Waals surface area contributed by atoms with E-state index in [9.17, 15) is 9.59 Å². The summed E-state index contributed by atoms with van der Waals surface area (Å²) in [5.41, 5.74) is 0.642. The van der Waals surface area contributed by atoms with Gasteiger partial charge >= 0.3 is 0 Å². The number of hydrogen-bond acceptors (Lipinski definition) is 7. The Balaban J connectivity index is 1.31. The number of aryl methyl sites for hydroxylation is 1. The molecule has 0 bridgehead atoms. The fraction of sp³-hybridized carbons (Fsp3) is 0.526. The number of rotatable bonds is 5. The third kappa shape index (κ3) is 4.19. The Bertz CT molecular complexity index is 824. The molecule has 2 aliphatic rings. The van der Waals surface area contributed by atoms with E-state index in [1.165, 1.54) is 0 Å². The first-order valence-electron chi connectivity index (χ1n) is 9.72. The van der Waals surface area contributed by atoms with Gasteiger partial charge < -0.3 is 19.6 Å². The Morgan fingerprint density at radius 2 is 2.25 bits per heavy atom. The van der Waals surface area contributed by atoms with Crippen LogP contribution in [0.15, 0.2) is 28.9 Å². The van der Waals surface area contributed by atoms with E-state index in [4.69, 9.17) is 4.52 Å². The number of aromatic nitrogens is 3. The van der Waals surface area contributed by atoms with Crippen molar-refractivity contribution in [1.82, 2.24) is 30.2 Å². The van der Waals surface area contributed by atoms with E-state index >= 15 is 0 Å². The molecule has 1 N–H and O–H groups in total. The summed E-state index contributed by atoms with van der Waals surface area (Å²) in [6.45, 7) is 3.25. The molecule has 4 heterocycles. The zero-order valence-corrected chi connectivity index (χ0v) is 15.7. The molecule has 0 saturated carbocycles. The number of piperidine rings is 1. The molecule has 2 fully saturated rings. The second kappa shape index (κ2) is 8.47. The van der Waals surface area contributed by atoms with Crippen LogP contribution in [0.5, 0.6) is 0 Å². The fourth-order valence-electron chi connectivity index (χ4n) is 3.77. The smallest absolute Gasteiger partial charge is 0.236 e. The highest BCUT2D eigenvalue weighted by molar-refractivity contribution is 5.80. The van der Waals surface area contributed by atoms with Gasteiger partial charge in [-0.15, -0.1) is 0 Å². The Morgan fingerprint density at radius 1 is 1.32 bits per heavy atom. The molecule has 2 aliphatic heterocycles. The van der Waals surface area contributed by atoms with Crippen molar-refractivity contribution in [1.29, 1.82) is 0 Å². The van der Waals surface area contributed by atoms with E-state index in [0.717, 1.165) is 25.9 Å². The number of pyridine rings is 1. The maximum atomic E-state index is 12.7. The molecule has 0 spiro atoms. The summed E-state index contributed by atoms with van der Waals surface area (Å²) in [7, 11) is 0. The fourth-order valence-corrected chi connectivity index (χ4v) is 3.77. The van der Waals surface area contributed by atoms with Gasteiger partial charge in [-0.3, -0.25) is 14.6 Å². The molecule has 9 heteroatoms. The summed E-state index contributed by atoms with van der Waals surface area (Å²) in [5.74, 6) is 1.04. The van der Waals surface area contributed by atoms with E-state index in [2.05, 4.69) is 20.4 Å². The van der Waals surface area contributed by atoms with Gasteiger partial charge in [-0.1, -0.05) is 11.2 Å². The van der Waals surface area contributed by atoms with Gasteiger partial charge in [0.15, 0.2) is 0 Å². The van der Waals surface area contributed by atoms with Crippen LogP contribution in [0, 0.1) is 0 Å². The topological polar surface area (TPSA) is 104 Å². The summed E-state index contributed by atoms with van der Waals surface area (Å²) in [5, 5.41) is 7.03. The quantitative estimate of drug-likeness (QED) is 0.800.